The van der Waals surface area contributed by atoms with Crippen LogP contribution in [0, 0.1) is 6.92 Å². The predicted octanol–water partition coefficient (Wildman–Crippen LogP) is 6.23. The monoisotopic (exact) mass is 410 g/mol. The third kappa shape index (κ3) is 4.56. The van der Waals surface area contributed by atoms with Crippen LogP contribution in [0.2, 0.25) is 0 Å². The van der Waals surface area contributed by atoms with Gasteiger partial charge >= 0.3 is 0 Å². The molecule has 1 heterocycles. The second-order valence-corrected chi connectivity index (χ2v) is 9.23. The number of aryl methyl sites for hydroxylation is 1. The van der Waals surface area contributed by atoms with Gasteiger partial charge in [0.1, 0.15) is 5.69 Å². The largest absolute Gasteiger partial charge is 0.347 e. The van der Waals surface area contributed by atoms with Gasteiger partial charge in [-0.05, 0) is 46.7 Å². The number of aromatic nitrogens is 1. The summed E-state index contributed by atoms with van der Waals surface area (Å²) in [6.07, 6.45) is 0. The van der Waals surface area contributed by atoms with E-state index < -0.39 is 0 Å². The van der Waals surface area contributed by atoms with Crippen molar-refractivity contribution >= 4 is 16.8 Å². The third-order valence-electron chi connectivity index (χ3n) is 5.91. The van der Waals surface area contributed by atoms with Crippen molar-refractivity contribution in [1.82, 2.24) is 9.88 Å². The van der Waals surface area contributed by atoms with E-state index in [-0.39, 0.29) is 11.3 Å². The fourth-order valence-electron chi connectivity index (χ4n) is 3.92. The molecule has 0 aliphatic carbocycles. The minimum absolute atomic E-state index is 0.0512. The maximum absolute atomic E-state index is 13.2. The molecule has 1 aromatic heterocycles. The maximum atomic E-state index is 13.2. The van der Waals surface area contributed by atoms with E-state index in [1.165, 1.54) is 16.7 Å². The van der Waals surface area contributed by atoms with Crippen LogP contribution >= 0.6 is 0 Å². The van der Waals surface area contributed by atoms with Gasteiger partial charge in [-0.15, -0.1) is 0 Å². The highest BCUT2D eigenvalue weighted by Crippen LogP contribution is 2.24. The number of rotatable bonds is 5. The van der Waals surface area contributed by atoms with Gasteiger partial charge in [0.15, 0.2) is 0 Å². The fraction of sp³-hybridized carbons (Fsp3) is 0.250. The summed E-state index contributed by atoms with van der Waals surface area (Å²) in [5.74, 6) is -0.0512. The van der Waals surface area contributed by atoms with E-state index in [1.807, 2.05) is 24.3 Å². The Morgan fingerprint density at radius 3 is 2.29 bits per heavy atom. The van der Waals surface area contributed by atoms with Gasteiger partial charge in [-0.3, -0.25) is 4.79 Å². The molecular formula is C28H30N2O. The molecule has 3 nitrogen and oxygen atoms in total. The van der Waals surface area contributed by atoms with Crippen molar-refractivity contribution in [1.29, 1.82) is 0 Å². The summed E-state index contributed by atoms with van der Waals surface area (Å²) >= 11 is 0. The van der Waals surface area contributed by atoms with E-state index in [9.17, 15) is 4.79 Å². The highest BCUT2D eigenvalue weighted by Gasteiger charge is 2.17. The SMILES string of the molecule is Cc1ccccc1Cn1c(C(=O)NCc2ccc(C(C)(C)C)cc2)cc2ccccc21. The van der Waals surface area contributed by atoms with Crippen molar-refractivity contribution in [2.75, 3.05) is 0 Å². The number of carbonyl (C=O) groups is 1. The molecule has 3 aromatic carbocycles. The second-order valence-electron chi connectivity index (χ2n) is 9.23. The number of para-hydroxylation sites is 1. The molecule has 0 aliphatic heterocycles. The van der Waals surface area contributed by atoms with E-state index in [2.05, 4.69) is 92.2 Å². The van der Waals surface area contributed by atoms with Crippen molar-refractivity contribution in [3.63, 3.8) is 0 Å². The fourth-order valence-corrected chi connectivity index (χ4v) is 3.92. The van der Waals surface area contributed by atoms with E-state index in [0.717, 1.165) is 16.5 Å². The molecule has 0 saturated carbocycles. The van der Waals surface area contributed by atoms with E-state index >= 15 is 0 Å². The first kappa shape index (κ1) is 20.9. The van der Waals surface area contributed by atoms with E-state index in [0.29, 0.717) is 18.8 Å². The Labute approximate surface area is 184 Å². The smallest absolute Gasteiger partial charge is 0.268 e. The molecule has 0 bridgehead atoms. The van der Waals surface area contributed by atoms with Gasteiger partial charge in [-0.2, -0.15) is 0 Å². The van der Waals surface area contributed by atoms with Gasteiger partial charge in [-0.1, -0.05) is 87.5 Å². The van der Waals surface area contributed by atoms with Crippen LogP contribution in [0.1, 0.15) is 53.5 Å². The molecule has 4 aromatic rings. The number of hydrogen-bond acceptors (Lipinski definition) is 1. The van der Waals surface area contributed by atoms with Crippen molar-refractivity contribution in [3.8, 4) is 0 Å². The van der Waals surface area contributed by atoms with Gasteiger partial charge in [0.2, 0.25) is 0 Å². The molecule has 0 aliphatic rings. The second kappa shape index (κ2) is 8.43. The van der Waals surface area contributed by atoms with E-state index in [1.54, 1.807) is 0 Å². The summed E-state index contributed by atoms with van der Waals surface area (Å²) < 4.78 is 2.12. The molecule has 0 spiro atoms. The zero-order chi connectivity index (χ0) is 22.0. The standard InChI is InChI=1S/C28H30N2O/c1-20-9-5-6-11-23(20)19-30-25-12-8-7-10-22(25)17-26(30)27(31)29-18-21-13-15-24(16-14-21)28(2,3)4/h5-17H,18-19H2,1-4H3,(H,29,31). The lowest BCUT2D eigenvalue weighted by Crippen LogP contribution is -2.25. The summed E-state index contributed by atoms with van der Waals surface area (Å²) in [7, 11) is 0. The zero-order valence-corrected chi connectivity index (χ0v) is 18.8. The summed E-state index contributed by atoms with van der Waals surface area (Å²) in [5, 5.41) is 4.19. The summed E-state index contributed by atoms with van der Waals surface area (Å²) in [4.78, 5) is 13.2. The van der Waals surface area contributed by atoms with Crippen LogP contribution in [0.15, 0.2) is 78.9 Å². The molecule has 0 radical (unpaired) electrons. The summed E-state index contributed by atoms with van der Waals surface area (Å²) in [6.45, 7) is 9.91. The molecular weight excluding hydrogens is 380 g/mol. The molecule has 158 valence electrons. The molecule has 31 heavy (non-hydrogen) atoms. The first-order chi connectivity index (χ1) is 14.8. The van der Waals surface area contributed by atoms with Crippen LogP contribution < -0.4 is 5.32 Å². The zero-order valence-electron chi connectivity index (χ0n) is 18.8. The van der Waals surface area contributed by atoms with Gasteiger partial charge in [0.25, 0.3) is 5.91 Å². The Bertz CT molecular complexity index is 1210. The lowest BCUT2D eigenvalue weighted by atomic mass is 9.87. The van der Waals surface area contributed by atoms with Crippen LogP contribution in [0.3, 0.4) is 0 Å². The molecule has 0 unspecified atom stereocenters. The molecule has 1 N–H and O–H groups in total. The van der Waals surface area contributed by atoms with Crippen molar-refractivity contribution in [3.05, 3.63) is 107 Å². The van der Waals surface area contributed by atoms with Crippen molar-refractivity contribution < 1.29 is 4.79 Å². The molecule has 0 saturated heterocycles. The first-order valence-electron chi connectivity index (χ1n) is 10.8. The predicted molar refractivity (Wildman–Crippen MR) is 129 cm³/mol. The molecule has 0 fully saturated rings. The Hall–Kier alpha value is -3.33. The summed E-state index contributed by atoms with van der Waals surface area (Å²) in [6, 6.07) is 27.0. The third-order valence-corrected chi connectivity index (χ3v) is 5.91. The summed E-state index contributed by atoms with van der Waals surface area (Å²) in [5.41, 5.74) is 6.73. The molecule has 0 atom stereocenters. The van der Waals surface area contributed by atoms with Gasteiger partial charge < -0.3 is 9.88 Å². The van der Waals surface area contributed by atoms with E-state index in [4.69, 9.17) is 0 Å². The number of fused-ring (bicyclic) bond motifs is 1. The Balaban J connectivity index is 1.58. The number of benzene rings is 3. The number of nitrogens with zero attached hydrogens (tertiary/aromatic N) is 1. The molecule has 3 heteroatoms. The quantitative estimate of drug-likeness (QED) is 0.416. The Morgan fingerprint density at radius 1 is 0.903 bits per heavy atom. The number of carbonyl (C=O) groups excluding carboxylic acids is 1. The van der Waals surface area contributed by atoms with Crippen LogP contribution in [0.4, 0.5) is 0 Å². The molecule has 1 amide bonds. The average Bonchev–Trinajstić information content (AvgIpc) is 3.12. The molecule has 4 rings (SSSR count). The number of nitrogens with one attached hydrogen (secondary N) is 1. The first-order valence-corrected chi connectivity index (χ1v) is 10.8. The van der Waals surface area contributed by atoms with Crippen molar-refractivity contribution in [2.45, 2.75) is 46.2 Å². The van der Waals surface area contributed by atoms with Crippen LogP contribution in [0.5, 0.6) is 0 Å². The van der Waals surface area contributed by atoms with Gasteiger partial charge in [-0.25, -0.2) is 0 Å². The van der Waals surface area contributed by atoms with Crippen molar-refractivity contribution in [2.24, 2.45) is 0 Å². The highest BCUT2D eigenvalue weighted by molar-refractivity contribution is 5.98. The van der Waals surface area contributed by atoms with Crippen LogP contribution in [-0.2, 0) is 18.5 Å². The Morgan fingerprint density at radius 2 is 1.58 bits per heavy atom. The minimum Gasteiger partial charge on any atom is -0.347 e. The topological polar surface area (TPSA) is 34.0 Å². The lowest BCUT2D eigenvalue weighted by Gasteiger charge is -2.19. The average molecular weight is 411 g/mol. The van der Waals surface area contributed by atoms with Crippen LogP contribution in [0.25, 0.3) is 10.9 Å². The number of hydrogen-bond donors (Lipinski definition) is 1. The Kier molecular flexibility index (Phi) is 5.69. The minimum atomic E-state index is -0.0512. The van der Waals surface area contributed by atoms with Crippen LogP contribution in [-0.4, -0.2) is 10.5 Å². The van der Waals surface area contributed by atoms with Gasteiger partial charge in [0.05, 0.1) is 0 Å². The lowest BCUT2D eigenvalue weighted by molar-refractivity contribution is 0.0942. The highest BCUT2D eigenvalue weighted by atomic mass is 16.1. The maximum Gasteiger partial charge on any atom is 0.268 e. The van der Waals surface area contributed by atoms with Gasteiger partial charge in [0, 0.05) is 24.0 Å². The normalized spacial score (nSPS) is 11.6. The number of amides is 1.